The molecule has 0 bridgehead atoms. The lowest BCUT2D eigenvalue weighted by molar-refractivity contribution is 0.382. The Kier molecular flexibility index (Phi) is 6.66. The minimum absolute atomic E-state index is 0.0292. The van der Waals surface area contributed by atoms with Crippen LogP contribution < -0.4 is 4.31 Å². The minimum atomic E-state index is -3.53. The maximum absolute atomic E-state index is 14.1. The van der Waals surface area contributed by atoms with Crippen LogP contribution in [0.15, 0.2) is 48.5 Å². The second-order valence-corrected chi connectivity index (χ2v) is 11.9. The van der Waals surface area contributed by atoms with Crippen LogP contribution >= 0.6 is 11.6 Å². The largest absolute Gasteiger partial charge is 0.250 e. The molecule has 7 heteroatoms. The smallest absolute Gasteiger partial charge is 0.236 e. The molecule has 0 aliphatic heterocycles. The van der Waals surface area contributed by atoms with Crippen molar-refractivity contribution < 1.29 is 8.42 Å². The number of aromatic nitrogens is 2. The van der Waals surface area contributed by atoms with E-state index < -0.39 is 10.0 Å². The molecule has 2 aromatic carbocycles. The molecular formula is C26H32ClN3O2S. The van der Waals surface area contributed by atoms with Crippen LogP contribution in [0.25, 0.3) is 16.6 Å². The molecule has 0 radical (unpaired) electrons. The Bertz CT molecular complexity index is 1190. The predicted octanol–water partition coefficient (Wildman–Crippen LogP) is 6.73. The Labute approximate surface area is 201 Å². The van der Waals surface area contributed by atoms with Crippen molar-refractivity contribution in [2.75, 3.05) is 10.1 Å². The first-order valence-electron chi connectivity index (χ1n) is 12.3. The summed E-state index contributed by atoms with van der Waals surface area (Å²) in [4.78, 5) is 0. The number of rotatable bonds is 6. The van der Waals surface area contributed by atoms with Gasteiger partial charge in [-0.2, -0.15) is 5.10 Å². The summed E-state index contributed by atoms with van der Waals surface area (Å²) in [7, 11) is -3.53. The fourth-order valence-corrected chi connectivity index (χ4v) is 7.89. The molecule has 0 N–H and O–H groups in total. The molecule has 0 spiro atoms. The molecule has 0 atom stereocenters. The first-order chi connectivity index (χ1) is 16.0. The van der Waals surface area contributed by atoms with Crippen LogP contribution in [0.3, 0.4) is 0 Å². The van der Waals surface area contributed by atoms with Gasteiger partial charge in [-0.05, 0) is 68.0 Å². The molecule has 5 rings (SSSR count). The topological polar surface area (TPSA) is 55.2 Å². The normalized spacial score (nSPS) is 18.6. The predicted molar refractivity (Wildman–Crippen MR) is 136 cm³/mol. The highest BCUT2D eigenvalue weighted by molar-refractivity contribution is 7.92. The van der Waals surface area contributed by atoms with E-state index in [0.29, 0.717) is 10.8 Å². The van der Waals surface area contributed by atoms with E-state index in [1.54, 1.807) is 4.31 Å². The first-order valence-corrected chi connectivity index (χ1v) is 14.3. The molecule has 2 saturated carbocycles. The van der Waals surface area contributed by atoms with E-state index >= 15 is 0 Å². The number of hydrogen-bond donors (Lipinski definition) is 0. The van der Waals surface area contributed by atoms with Crippen LogP contribution in [0.1, 0.15) is 64.2 Å². The quantitative estimate of drug-likeness (QED) is 0.389. The molecule has 2 fully saturated rings. The summed E-state index contributed by atoms with van der Waals surface area (Å²) in [5.41, 5.74) is 1.62. The molecule has 5 nitrogen and oxygen atoms in total. The lowest BCUT2D eigenvalue weighted by atomic mass is 9.91. The standard InChI is InChI=1S/C26H32ClN3O2S/c27-21-15-17-22(18-16-21)29-26(24-13-7-8-14-25(24)28-29)30(23-11-5-2-6-12-23)33(31,32)19-20-9-3-1-4-10-20/h7-8,13-18,20,23H,1-6,9-12,19H2. The van der Waals surface area contributed by atoms with Gasteiger partial charge in [-0.1, -0.05) is 62.3 Å². The van der Waals surface area contributed by atoms with Crippen LogP contribution in [-0.2, 0) is 10.0 Å². The fourth-order valence-electron chi connectivity index (χ4n) is 5.57. The summed E-state index contributed by atoms with van der Waals surface area (Å²) in [6.45, 7) is 0. The summed E-state index contributed by atoms with van der Waals surface area (Å²) in [6.07, 6.45) is 10.6. The molecule has 0 amide bonds. The zero-order chi connectivity index (χ0) is 22.8. The summed E-state index contributed by atoms with van der Waals surface area (Å²) >= 11 is 6.15. The van der Waals surface area contributed by atoms with Gasteiger partial charge in [-0.3, -0.25) is 0 Å². The molecule has 0 unspecified atom stereocenters. The zero-order valence-electron chi connectivity index (χ0n) is 19.0. The van der Waals surface area contributed by atoms with Gasteiger partial charge in [0, 0.05) is 16.5 Å². The Morgan fingerprint density at radius 2 is 1.52 bits per heavy atom. The van der Waals surface area contributed by atoms with E-state index in [1.165, 1.54) is 12.8 Å². The van der Waals surface area contributed by atoms with Crippen LogP contribution in [0.2, 0.25) is 5.02 Å². The molecular weight excluding hydrogens is 454 g/mol. The van der Waals surface area contributed by atoms with Crippen molar-refractivity contribution in [2.45, 2.75) is 70.3 Å². The van der Waals surface area contributed by atoms with Crippen molar-refractivity contribution in [1.82, 2.24) is 9.78 Å². The summed E-state index contributed by atoms with van der Waals surface area (Å²) in [5, 5.41) is 6.38. The number of halogens is 1. The Hall–Kier alpha value is -2.05. The van der Waals surface area contributed by atoms with Gasteiger partial charge in [0.2, 0.25) is 10.0 Å². The lowest BCUT2D eigenvalue weighted by Crippen LogP contribution is -2.45. The van der Waals surface area contributed by atoms with E-state index in [-0.39, 0.29) is 17.7 Å². The van der Waals surface area contributed by atoms with E-state index in [4.69, 9.17) is 16.7 Å². The van der Waals surface area contributed by atoms with Crippen LogP contribution in [0.5, 0.6) is 0 Å². The molecule has 3 aromatic rings. The minimum Gasteiger partial charge on any atom is -0.250 e. The van der Waals surface area contributed by atoms with Crippen LogP contribution in [0.4, 0.5) is 5.82 Å². The van der Waals surface area contributed by atoms with E-state index in [2.05, 4.69) is 0 Å². The van der Waals surface area contributed by atoms with Crippen molar-refractivity contribution in [3.63, 3.8) is 0 Å². The van der Waals surface area contributed by atoms with Crippen molar-refractivity contribution in [2.24, 2.45) is 5.92 Å². The second kappa shape index (κ2) is 9.67. The highest BCUT2D eigenvalue weighted by atomic mass is 35.5. The molecule has 1 aromatic heterocycles. The number of hydrogen-bond acceptors (Lipinski definition) is 3. The average molecular weight is 486 g/mol. The third-order valence-corrected chi connectivity index (χ3v) is 9.43. The average Bonchev–Trinajstić information content (AvgIpc) is 3.20. The Morgan fingerprint density at radius 1 is 0.879 bits per heavy atom. The third kappa shape index (κ3) is 4.78. The zero-order valence-corrected chi connectivity index (χ0v) is 20.6. The van der Waals surface area contributed by atoms with Crippen molar-refractivity contribution >= 4 is 38.3 Å². The first kappa shape index (κ1) is 22.7. The lowest BCUT2D eigenvalue weighted by Gasteiger charge is -2.36. The van der Waals surface area contributed by atoms with Gasteiger partial charge in [0.25, 0.3) is 0 Å². The summed E-state index contributed by atoms with van der Waals surface area (Å²) in [6, 6.07) is 15.3. The van der Waals surface area contributed by atoms with E-state index in [0.717, 1.165) is 68.0 Å². The molecule has 33 heavy (non-hydrogen) atoms. The number of anilines is 1. The number of sulfonamides is 1. The van der Waals surface area contributed by atoms with Gasteiger partial charge in [0.15, 0.2) is 5.82 Å². The van der Waals surface area contributed by atoms with Crippen LogP contribution in [0, 0.1) is 5.92 Å². The molecule has 0 saturated heterocycles. The van der Waals surface area contributed by atoms with Crippen LogP contribution in [-0.4, -0.2) is 30.0 Å². The summed E-state index contributed by atoms with van der Waals surface area (Å²) in [5.74, 6) is 1.15. The monoisotopic (exact) mass is 485 g/mol. The van der Waals surface area contributed by atoms with Gasteiger partial charge < -0.3 is 0 Å². The highest BCUT2D eigenvalue weighted by Crippen LogP contribution is 2.38. The van der Waals surface area contributed by atoms with Gasteiger partial charge in [0.1, 0.15) is 0 Å². The van der Waals surface area contributed by atoms with E-state index in [9.17, 15) is 8.42 Å². The summed E-state index contributed by atoms with van der Waals surface area (Å²) < 4.78 is 31.9. The maximum Gasteiger partial charge on any atom is 0.236 e. The Morgan fingerprint density at radius 3 is 2.21 bits per heavy atom. The fraction of sp³-hybridized carbons (Fsp3) is 0.500. The van der Waals surface area contributed by atoms with Gasteiger partial charge in [-0.25, -0.2) is 17.4 Å². The van der Waals surface area contributed by atoms with Gasteiger partial charge >= 0.3 is 0 Å². The molecule has 176 valence electrons. The van der Waals surface area contributed by atoms with Gasteiger partial charge in [-0.15, -0.1) is 0 Å². The number of benzene rings is 2. The molecule has 1 heterocycles. The molecule has 2 aliphatic carbocycles. The Balaban J connectivity index is 1.66. The number of nitrogens with zero attached hydrogens (tertiary/aromatic N) is 3. The van der Waals surface area contributed by atoms with Crippen molar-refractivity contribution in [3.05, 3.63) is 53.6 Å². The molecule has 2 aliphatic rings. The van der Waals surface area contributed by atoms with Crippen molar-refractivity contribution in [3.8, 4) is 5.69 Å². The van der Waals surface area contributed by atoms with E-state index in [1.807, 2.05) is 53.2 Å². The SMILES string of the molecule is O=S(=O)(CC1CCCCC1)N(c1c2ccccc2nn1-c1ccc(Cl)cc1)C1CCCCC1. The van der Waals surface area contributed by atoms with Crippen molar-refractivity contribution in [1.29, 1.82) is 0 Å². The highest BCUT2D eigenvalue weighted by Gasteiger charge is 2.37. The second-order valence-electron chi connectivity index (χ2n) is 9.60. The maximum atomic E-state index is 14.1. The number of fused-ring (bicyclic) bond motifs is 1. The van der Waals surface area contributed by atoms with Gasteiger partial charge in [0.05, 0.1) is 17.0 Å². The third-order valence-electron chi connectivity index (χ3n) is 7.21.